The lowest BCUT2D eigenvalue weighted by molar-refractivity contribution is 0.281. The minimum absolute atomic E-state index is 0.0150. The molecule has 0 saturated heterocycles. The van der Waals surface area contributed by atoms with E-state index in [2.05, 4.69) is 47.1 Å². The fourth-order valence-corrected chi connectivity index (χ4v) is 2.52. The van der Waals surface area contributed by atoms with Crippen molar-refractivity contribution in [3.05, 3.63) is 70.1 Å². The number of nitrogens with zero attached hydrogens (tertiary/aromatic N) is 1. The predicted octanol–water partition coefficient (Wildman–Crippen LogP) is 2.87. The summed E-state index contributed by atoms with van der Waals surface area (Å²) in [6.45, 7) is 5.39. The van der Waals surface area contributed by atoms with E-state index in [1.165, 1.54) is 5.56 Å². The molecule has 3 heteroatoms. The first-order valence-corrected chi connectivity index (χ1v) is 7.72. The summed E-state index contributed by atoms with van der Waals surface area (Å²) < 4.78 is 0. The van der Waals surface area contributed by atoms with Crippen molar-refractivity contribution in [1.29, 1.82) is 0 Å². The van der Waals surface area contributed by atoms with E-state index in [4.69, 9.17) is 0 Å². The molecule has 1 aromatic heterocycles. The number of hydrogen-bond donors (Lipinski definition) is 1. The fourth-order valence-electron chi connectivity index (χ4n) is 2.52. The number of H-pyrrole nitrogens is 1. The van der Waals surface area contributed by atoms with Crippen LogP contribution in [0.15, 0.2) is 53.5 Å². The average molecular weight is 284 g/mol. The lowest BCUT2D eigenvalue weighted by Gasteiger charge is -2.21. The van der Waals surface area contributed by atoms with Crippen LogP contribution in [0.1, 0.15) is 24.5 Å². The van der Waals surface area contributed by atoms with E-state index >= 15 is 0 Å². The Hall–Kier alpha value is -1.87. The number of hydrogen-bond acceptors (Lipinski definition) is 2. The van der Waals surface area contributed by atoms with Crippen molar-refractivity contribution >= 4 is 0 Å². The van der Waals surface area contributed by atoms with E-state index in [1.54, 1.807) is 12.3 Å². The minimum Gasteiger partial charge on any atom is -0.329 e. The number of aromatic nitrogens is 1. The highest BCUT2D eigenvalue weighted by Crippen LogP contribution is 2.04. The van der Waals surface area contributed by atoms with E-state index in [0.29, 0.717) is 0 Å². The molecule has 21 heavy (non-hydrogen) atoms. The van der Waals surface area contributed by atoms with Crippen molar-refractivity contribution < 1.29 is 0 Å². The van der Waals surface area contributed by atoms with Gasteiger partial charge in [0.25, 0.3) is 0 Å². The summed E-state index contributed by atoms with van der Waals surface area (Å²) in [5.41, 5.74) is 2.48. The van der Waals surface area contributed by atoms with Gasteiger partial charge in [0.05, 0.1) is 0 Å². The van der Waals surface area contributed by atoms with Crippen molar-refractivity contribution in [2.45, 2.75) is 26.2 Å². The van der Waals surface area contributed by atoms with Gasteiger partial charge in [0.2, 0.25) is 5.56 Å². The van der Waals surface area contributed by atoms with Gasteiger partial charge >= 0.3 is 0 Å². The van der Waals surface area contributed by atoms with Crippen molar-refractivity contribution in [3.8, 4) is 0 Å². The zero-order chi connectivity index (χ0) is 14.9. The van der Waals surface area contributed by atoms with Crippen molar-refractivity contribution in [1.82, 2.24) is 9.88 Å². The molecule has 112 valence electrons. The normalized spacial score (nSPS) is 11.0. The van der Waals surface area contributed by atoms with Crippen LogP contribution in [0.4, 0.5) is 0 Å². The predicted molar refractivity (Wildman–Crippen MR) is 87.6 cm³/mol. The first kappa shape index (κ1) is 15.5. The Morgan fingerprint density at radius 2 is 1.67 bits per heavy atom. The van der Waals surface area contributed by atoms with E-state index in [-0.39, 0.29) is 5.56 Å². The van der Waals surface area contributed by atoms with Gasteiger partial charge in [-0.1, -0.05) is 37.3 Å². The zero-order valence-corrected chi connectivity index (χ0v) is 12.7. The Kier molecular flexibility index (Phi) is 6.22. The smallest absolute Gasteiger partial charge is 0.248 e. The van der Waals surface area contributed by atoms with Gasteiger partial charge in [0.15, 0.2) is 0 Å². The Bertz CT molecular complexity index is 577. The van der Waals surface area contributed by atoms with Gasteiger partial charge in [-0.2, -0.15) is 0 Å². The molecule has 0 radical (unpaired) electrons. The molecule has 3 nitrogen and oxygen atoms in total. The molecule has 0 atom stereocenters. The molecule has 0 saturated carbocycles. The van der Waals surface area contributed by atoms with Crippen LogP contribution in [0.2, 0.25) is 0 Å². The second kappa shape index (κ2) is 8.42. The van der Waals surface area contributed by atoms with Gasteiger partial charge in [0.1, 0.15) is 0 Å². The molecule has 0 spiro atoms. The summed E-state index contributed by atoms with van der Waals surface area (Å²) >= 11 is 0. The molecule has 1 N–H and O–H groups in total. The number of pyridine rings is 1. The maximum atomic E-state index is 11.3. The summed E-state index contributed by atoms with van der Waals surface area (Å²) in [6.07, 6.45) is 4.89. The Labute approximate surface area is 126 Å². The Balaban J connectivity index is 1.85. The van der Waals surface area contributed by atoms with Crippen LogP contribution < -0.4 is 5.56 Å². The molecule has 0 unspecified atom stereocenters. The Morgan fingerprint density at radius 3 is 2.33 bits per heavy atom. The van der Waals surface area contributed by atoms with Gasteiger partial charge in [-0.3, -0.25) is 4.79 Å². The monoisotopic (exact) mass is 284 g/mol. The lowest BCUT2D eigenvalue weighted by atomic mass is 10.1. The van der Waals surface area contributed by atoms with E-state index < -0.39 is 0 Å². The maximum absolute atomic E-state index is 11.3. The number of aromatic amines is 1. The van der Waals surface area contributed by atoms with Gasteiger partial charge in [0, 0.05) is 25.4 Å². The third-order valence-corrected chi connectivity index (χ3v) is 3.66. The molecule has 0 aliphatic heterocycles. The third kappa shape index (κ3) is 5.56. The zero-order valence-electron chi connectivity index (χ0n) is 12.7. The fraction of sp³-hybridized carbons (Fsp3) is 0.389. The molecule has 0 amide bonds. The Morgan fingerprint density at radius 1 is 0.952 bits per heavy atom. The summed E-state index contributed by atoms with van der Waals surface area (Å²) in [5, 5.41) is 0. The highest BCUT2D eigenvalue weighted by atomic mass is 16.1. The highest BCUT2D eigenvalue weighted by molar-refractivity contribution is 5.15. The summed E-state index contributed by atoms with van der Waals surface area (Å²) in [4.78, 5) is 16.4. The number of rotatable bonds is 8. The summed E-state index contributed by atoms with van der Waals surface area (Å²) in [7, 11) is 0. The first-order valence-electron chi connectivity index (χ1n) is 7.72. The van der Waals surface area contributed by atoms with Crippen LogP contribution >= 0.6 is 0 Å². The van der Waals surface area contributed by atoms with Crippen LogP contribution in [-0.2, 0) is 12.8 Å². The number of nitrogens with one attached hydrogen (secondary N) is 1. The minimum atomic E-state index is -0.0150. The molecule has 0 aliphatic carbocycles. The molecular weight excluding hydrogens is 260 g/mol. The van der Waals surface area contributed by atoms with Crippen LogP contribution in [0, 0.1) is 0 Å². The van der Waals surface area contributed by atoms with Gasteiger partial charge in [-0.15, -0.1) is 0 Å². The average Bonchev–Trinajstić information content (AvgIpc) is 2.51. The topological polar surface area (TPSA) is 36.1 Å². The highest BCUT2D eigenvalue weighted by Gasteiger charge is 2.05. The van der Waals surface area contributed by atoms with Crippen molar-refractivity contribution in [3.63, 3.8) is 0 Å². The van der Waals surface area contributed by atoms with Crippen LogP contribution in [0.3, 0.4) is 0 Å². The molecule has 0 bridgehead atoms. The molecule has 1 heterocycles. The molecule has 0 aliphatic rings. The second-order valence-corrected chi connectivity index (χ2v) is 5.39. The second-order valence-electron chi connectivity index (χ2n) is 5.39. The van der Waals surface area contributed by atoms with E-state index in [1.807, 2.05) is 6.07 Å². The molecule has 2 rings (SSSR count). The van der Waals surface area contributed by atoms with Crippen molar-refractivity contribution in [2.24, 2.45) is 0 Å². The quantitative estimate of drug-likeness (QED) is 0.809. The first-order chi connectivity index (χ1) is 10.3. The van der Waals surface area contributed by atoms with Gasteiger partial charge in [-0.05, 0) is 43.0 Å². The standard InChI is InChI=1S/C18H24N2O/c1-2-12-20(13-9-16-6-4-3-5-7-16)14-10-17-8-11-19-18(21)15-17/h3-8,11,15H,2,9-10,12-14H2,1H3,(H,19,21). The molecule has 1 aromatic carbocycles. The molecule has 2 aromatic rings. The third-order valence-electron chi connectivity index (χ3n) is 3.66. The number of benzene rings is 1. The van der Waals surface area contributed by atoms with Gasteiger partial charge in [-0.25, -0.2) is 0 Å². The maximum Gasteiger partial charge on any atom is 0.248 e. The summed E-state index contributed by atoms with van der Waals surface area (Å²) in [6, 6.07) is 14.3. The largest absolute Gasteiger partial charge is 0.329 e. The van der Waals surface area contributed by atoms with Crippen LogP contribution in [-0.4, -0.2) is 29.5 Å². The van der Waals surface area contributed by atoms with Crippen molar-refractivity contribution in [2.75, 3.05) is 19.6 Å². The molecule has 0 fully saturated rings. The van der Waals surface area contributed by atoms with E-state index in [9.17, 15) is 4.79 Å². The molecular formula is C18H24N2O. The summed E-state index contributed by atoms with van der Waals surface area (Å²) in [5.74, 6) is 0. The lowest BCUT2D eigenvalue weighted by Crippen LogP contribution is -2.29. The van der Waals surface area contributed by atoms with Crippen LogP contribution in [0.5, 0.6) is 0 Å². The SMILES string of the molecule is CCCN(CCc1ccccc1)CCc1cc[nH]c(=O)c1. The van der Waals surface area contributed by atoms with Gasteiger partial charge < -0.3 is 9.88 Å². The van der Waals surface area contributed by atoms with Crippen LogP contribution in [0.25, 0.3) is 0 Å². The van der Waals surface area contributed by atoms with E-state index in [0.717, 1.165) is 44.5 Å².